The fourth-order valence-electron chi connectivity index (χ4n) is 1.47. The van der Waals surface area contributed by atoms with E-state index in [9.17, 15) is 0 Å². The second-order valence-corrected chi connectivity index (χ2v) is 5.70. The van der Waals surface area contributed by atoms with Crippen LogP contribution in [0.2, 0.25) is 0 Å². The van der Waals surface area contributed by atoms with Gasteiger partial charge in [0.1, 0.15) is 0 Å². The van der Waals surface area contributed by atoms with Crippen molar-refractivity contribution >= 4 is 34.7 Å². The first-order valence-corrected chi connectivity index (χ1v) is 7.51. The number of H-pyrrole nitrogens is 1. The number of anilines is 2. The Hall–Kier alpha value is -1.86. The number of aromatic amines is 1. The van der Waals surface area contributed by atoms with Gasteiger partial charge in [0, 0.05) is 16.8 Å². The van der Waals surface area contributed by atoms with Crippen molar-refractivity contribution in [1.82, 2.24) is 20.2 Å². The van der Waals surface area contributed by atoms with E-state index in [0.717, 1.165) is 16.6 Å². The molecule has 7 heteroatoms. The summed E-state index contributed by atoms with van der Waals surface area (Å²) in [5, 5.41) is 13.0. The quantitative estimate of drug-likeness (QED) is 0.705. The highest BCUT2D eigenvalue weighted by Gasteiger charge is 2.04. The zero-order chi connectivity index (χ0) is 12.9. The van der Waals surface area contributed by atoms with E-state index in [0.29, 0.717) is 5.95 Å². The minimum absolute atomic E-state index is 0.557. The van der Waals surface area contributed by atoms with Gasteiger partial charge in [0.15, 0.2) is 5.16 Å². The Kier molecular flexibility index (Phi) is 3.75. The Morgan fingerprint density at radius 1 is 1.32 bits per heavy atom. The standard InChI is InChI=1S/C12H11N5S2/c1-3-9(7-13-5-1)14-11-15-12(17-16-11)19-8-10-4-2-6-18-10/h1-7H,8H2,(H2,14,15,16,17). The Labute approximate surface area is 118 Å². The maximum Gasteiger partial charge on any atom is 0.247 e. The summed E-state index contributed by atoms with van der Waals surface area (Å²) < 4.78 is 0. The highest BCUT2D eigenvalue weighted by atomic mass is 32.2. The van der Waals surface area contributed by atoms with Crippen LogP contribution in [0.4, 0.5) is 11.6 Å². The normalized spacial score (nSPS) is 10.5. The number of pyridine rings is 1. The van der Waals surface area contributed by atoms with Gasteiger partial charge in [-0.05, 0) is 23.6 Å². The van der Waals surface area contributed by atoms with Gasteiger partial charge in [-0.1, -0.05) is 17.8 Å². The summed E-state index contributed by atoms with van der Waals surface area (Å²) in [4.78, 5) is 9.72. The zero-order valence-electron chi connectivity index (χ0n) is 9.91. The van der Waals surface area contributed by atoms with Crippen LogP contribution in [0.15, 0.2) is 47.2 Å². The number of nitrogens with zero attached hydrogens (tertiary/aromatic N) is 3. The fraction of sp³-hybridized carbons (Fsp3) is 0.0833. The number of hydrogen-bond donors (Lipinski definition) is 2. The minimum Gasteiger partial charge on any atom is -0.321 e. The van der Waals surface area contributed by atoms with E-state index >= 15 is 0 Å². The summed E-state index contributed by atoms with van der Waals surface area (Å²) >= 11 is 3.38. The van der Waals surface area contributed by atoms with Crippen LogP contribution < -0.4 is 5.32 Å². The molecule has 0 aliphatic rings. The second-order valence-electron chi connectivity index (χ2n) is 3.70. The Morgan fingerprint density at radius 3 is 3.11 bits per heavy atom. The number of thiophene rings is 1. The molecule has 0 fully saturated rings. The Bertz CT molecular complexity index is 621. The smallest absolute Gasteiger partial charge is 0.247 e. The van der Waals surface area contributed by atoms with Crippen LogP contribution in [0, 0.1) is 0 Å². The van der Waals surface area contributed by atoms with Crippen molar-refractivity contribution in [3.05, 3.63) is 46.9 Å². The summed E-state index contributed by atoms with van der Waals surface area (Å²) in [6, 6.07) is 7.95. The molecule has 0 aliphatic carbocycles. The third-order valence-electron chi connectivity index (χ3n) is 2.31. The van der Waals surface area contributed by atoms with Gasteiger partial charge in [-0.2, -0.15) is 4.98 Å². The van der Waals surface area contributed by atoms with Crippen LogP contribution in [-0.4, -0.2) is 20.2 Å². The van der Waals surface area contributed by atoms with Crippen molar-refractivity contribution in [3.63, 3.8) is 0 Å². The van der Waals surface area contributed by atoms with Gasteiger partial charge in [0.05, 0.1) is 11.9 Å². The van der Waals surface area contributed by atoms with Crippen LogP contribution in [0.3, 0.4) is 0 Å². The second kappa shape index (κ2) is 5.85. The maximum atomic E-state index is 4.37. The molecule has 0 saturated heterocycles. The van der Waals surface area contributed by atoms with Crippen molar-refractivity contribution < 1.29 is 0 Å². The first-order valence-electron chi connectivity index (χ1n) is 5.65. The summed E-state index contributed by atoms with van der Waals surface area (Å²) in [6.45, 7) is 0. The molecule has 3 heterocycles. The third-order valence-corrected chi connectivity index (χ3v) is 4.28. The summed E-state index contributed by atoms with van der Waals surface area (Å²) in [5.74, 6) is 1.46. The van der Waals surface area contributed by atoms with E-state index in [1.807, 2.05) is 12.1 Å². The van der Waals surface area contributed by atoms with E-state index in [1.54, 1.807) is 35.5 Å². The van der Waals surface area contributed by atoms with Crippen molar-refractivity contribution in [2.24, 2.45) is 0 Å². The van der Waals surface area contributed by atoms with Gasteiger partial charge in [-0.3, -0.25) is 10.1 Å². The van der Waals surface area contributed by atoms with Gasteiger partial charge >= 0.3 is 0 Å². The SMILES string of the molecule is c1cncc(Nc2n[nH]c(SCc3cccs3)n2)c1. The molecule has 5 nitrogen and oxygen atoms in total. The molecule has 0 atom stereocenters. The Balaban J connectivity index is 1.60. The third kappa shape index (κ3) is 3.33. The van der Waals surface area contributed by atoms with Crippen LogP contribution in [-0.2, 0) is 5.75 Å². The van der Waals surface area contributed by atoms with Gasteiger partial charge in [-0.25, -0.2) is 0 Å². The molecule has 0 bridgehead atoms. The molecule has 0 unspecified atom stereocenters. The predicted octanol–water partition coefficient (Wildman–Crippen LogP) is 3.30. The van der Waals surface area contributed by atoms with Gasteiger partial charge in [0.25, 0.3) is 0 Å². The number of rotatable bonds is 5. The first-order chi connectivity index (χ1) is 9.40. The van der Waals surface area contributed by atoms with Crippen molar-refractivity contribution in [1.29, 1.82) is 0 Å². The summed E-state index contributed by atoms with van der Waals surface area (Å²) in [6.07, 6.45) is 3.46. The number of aromatic nitrogens is 4. The molecule has 0 aromatic carbocycles. The molecule has 3 rings (SSSR count). The molecule has 3 aromatic heterocycles. The van der Waals surface area contributed by atoms with Crippen molar-refractivity contribution in [2.75, 3.05) is 5.32 Å². The maximum absolute atomic E-state index is 4.37. The predicted molar refractivity (Wildman–Crippen MR) is 77.8 cm³/mol. The molecular weight excluding hydrogens is 278 g/mol. The van der Waals surface area contributed by atoms with E-state index < -0.39 is 0 Å². The molecule has 0 amide bonds. The average molecular weight is 289 g/mol. The summed E-state index contributed by atoms with van der Waals surface area (Å²) in [7, 11) is 0. The number of nitrogens with one attached hydrogen (secondary N) is 2. The first kappa shape index (κ1) is 12.2. The molecule has 96 valence electrons. The Morgan fingerprint density at radius 2 is 2.32 bits per heavy atom. The average Bonchev–Trinajstić information content (AvgIpc) is 3.09. The molecule has 19 heavy (non-hydrogen) atoms. The van der Waals surface area contributed by atoms with E-state index in [4.69, 9.17) is 0 Å². The fourth-order valence-corrected chi connectivity index (χ4v) is 3.04. The van der Waals surface area contributed by atoms with Gasteiger partial charge in [-0.15, -0.1) is 16.4 Å². The molecule has 2 N–H and O–H groups in total. The number of hydrogen-bond acceptors (Lipinski definition) is 6. The van der Waals surface area contributed by atoms with E-state index in [-0.39, 0.29) is 0 Å². The van der Waals surface area contributed by atoms with Crippen LogP contribution in [0.25, 0.3) is 0 Å². The zero-order valence-corrected chi connectivity index (χ0v) is 11.5. The van der Waals surface area contributed by atoms with Crippen LogP contribution in [0.5, 0.6) is 0 Å². The van der Waals surface area contributed by atoms with Crippen LogP contribution in [0.1, 0.15) is 4.88 Å². The lowest BCUT2D eigenvalue weighted by Crippen LogP contribution is -1.92. The van der Waals surface area contributed by atoms with Crippen molar-refractivity contribution in [3.8, 4) is 0 Å². The van der Waals surface area contributed by atoms with Gasteiger partial charge in [0.2, 0.25) is 5.95 Å². The van der Waals surface area contributed by atoms with E-state index in [1.165, 1.54) is 4.88 Å². The largest absolute Gasteiger partial charge is 0.321 e. The molecular formula is C12H11N5S2. The topological polar surface area (TPSA) is 66.5 Å². The van der Waals surface area contributed by atoms with E-state index in [2.05, 4.69) is 43.0 Å². The lowest BCUT2D eigenvalue weighted by Gasteiger charge is -1.98. The number of thioether (sulfide) groups is 1. The lowest BCUT2D eigenvalue weighted by atomic mass is 10.4. The van der Waals surface area contributed by atoms with Crippen molar-refractivity contribution in [2.45, 2.75) is 10.9 Å². The van der Waals surface area contributed by atoms with Gasteiger partial charge < -0.3 is 5.32 Å². The minimum atomic E-state index is 0.557. The van der Waals surface area contributed by atoms with Crippen LogP contribution >= 0.6 is 23.1 Å². The molecule has 0 saturated carbocycles. The molecule has 0 radical (unpaired) electrons. The lowest BCUT2D eigenvalue weighted by molar-refractivity contribution is 0.973. The monoisotopic (exact) mass is 289 g/mol. The molecule has 0 aliphatic heterocycles. The highest BCUT2D eigenvalue weighted by Crippen LogP contribution is 2.23. The summed E-state index contributed by atoms with van der Waals surface area (Å²) in [5.41, 5.74) is 0.872. The molecule has 3 aromatic rings. The molecule has 0 spiro atoms. The highest BCUT2D eigenvalue weighted by molar-refractivity contribution is 7.98.